The van der Waals surface area contributed by atoms with Gasteiger partial charge in [0.1, 0.15) is 17.9 Å². The highest BCUT2D eigenvalue weighted by molar-refractivity contribution is 6.01. The maximum absolute atomic E-state index is 13.6. The largest absolute Gasteiger partial charge is 0.459 e. The Bertz CT molecular complexity index is 1090. The number of fused-ring (bicyclic) bond motifs is 2. The van der Waals surface area contributed by atoms with Crippen molar-refractivity contribution < 1.29 is 28.0 Å². The predicted molar refractivity (Wildman–Crippen MR) is 108 cm³/mol. The van der Waals surface area contributed by atoms with Crippen LogP contribution in [-0.2, 0) is 9.59 Å². The van der Waals surface area contributed by atoms with Gasteiger partial charge in [-0.2, -0.15) is 0 Å². The molecule has 3 saturated heterocycles. The van der Waals surface area contributed by atoms with Gasteiger partial charge in [0.05, 0.1) is 12.3 Å². The highest BCUT2D eigenvalue weighted by atomic mass is 19.1. The van der Waals surface area contributed by atoms with Crippen molar-refractivity contribution in [3.8, 4) is 0 Å². The normalized spacial score (nSPS) is 26.9. The van der Waals surface area contributed by atoms with E-state index in [1.807, 2.05) is 0 Å². The number of nitrogens with one attached hydrogen (secondary N) is 2. The molecule has 9 nitrogen and oxygen atoms in total. The summed E-state index contributed by atoms with van der Waals surface area (Å²) in [6.45, 7) is 0.419. The van der Waals surface area contributed by atoms with E-state index in [0.29, 0.717) is 6.42 Å². The number of hydrogen-bond donors (Lipinski definition) is 2. The summed E-state index contributed by atoms with van der Waals surface area (Å²) >= 11 is 0. The number of nitrogens with zero attached hydrogens (tertiary/aromatic N) is 2. The first kappa shape index (κ1) is 20.2. The van der Waals surface area contributed by atoms with Crippen molar-refractivity contribution >= 4 is 23.6 Å². The van der Waals surface area contributed by atoms with E-state index in [0.717, 1.165) is 6.07 Å². The lowest BCUT2D eigenvalue weighted by molar-refractivity contribution is -0.138. The average Bonchev–Trinajstić information content (AvgIpc) is 3.51. The third kappa shape index (κ3) is 3.41. The standard InChI is InChI=1S/C22H21FN4O5/c23-13-4-1-3-12(9-13)21(30)26-7-6-15-18(26)22(31)27-11-14(10-16(27)19(28)25-15)24-20(29)17-5-2-8-32-17/h1-5,8-9,14-16,18H,6-7,10-11H2,(H,24,29)(H,25,28). The number of carbonyl (C=O) groups is 4. The molecular formula is C22H21FN4O5. The van der Waals surface area contributed by atoms with Gasteiger partial charge in [-0.25, -0.2) is 4.39 Å². The lowest BCUT2D eigenvalue weighted by Gasteiger charge is -2.29. The van der Waals surface area contributed by atoms with Crippen molar-refractivity contribution in [3.05, 3.63) is 59.8 Å². The van der Waals surface area contributed by atoms with E-state index >= 15 is 0 Å². The SMILES string of the molecule is O=C(NC1CC2C(=O)NC3CCN(C(=O)c4cccc(F)c4)C3C(=O)N2C1)c1ccco1. The maximum Gasteiger partial charge on any atom is 0.287 e. The lowest BCUT2D eigenvalue weighted by atomic mass is 10.1. The molecule has 0 bridgehead atoms. The topological polar surface area (TPSA) is 112 Å². The number of furan rings is 1. The van der Waals surface area contributed by atoms with Crippen LogP contribution in [0.5, 0.6) is 0 Å². The highest BCUT2D eigenvalue weighted by Gasteiger charge is 2.52. The quantitative estimate of drug-likeness (QED) is 0.723. The Hall–Kier alpha value is -3.69. The van der Waals surface area contributed by atoms with E-state index in [2.05, 4.69) is 10.6 Å². The molecule has 32 heavy (non-hydrogen) atoms. The zero-order valence-corrected chi connectivity index (χ0v) is 17.0. The first-order valence-corrected chi connectivity index (χ1v) is 10.4. The zero-order chi connectivity index (χ0) is 22.4. The van der Waals surface area contributed by atoms with Crippen LogP contribution in [0.15, 0.2) is 47.1 Å². The molecule has 3 aliphatic heterocycles. The molecule has 4 atom stereocenters. The summed E-state index contributed by atoms with van der Waals surface area (Å²) in [7, 11) is 0. The van der Waals surface area contributed by atoms with Crippen molar-refractivity contribution in [2.24, 2.45) is 0 Å². The van der Waals surface area contributed by atoms with Crippen LogP contribution >= 0.6 is 0 Å². The van der Waals surface area contributed by atoms with Crippen LogP contribution in [0.3, 0.4) is 0 Å². The second-order valence-corrected chi connectivity index (χ2v) is 8.25. The summed E-state index contributed by atoms with van der Waals surface area (Å²) in [6.07, 6.45) is 2.09. The molecule has 5 rings (SSSR count). The summed E-state index contributed by atoms with van der Waals surface area (Å²) in [4.78, 5) is 54.5. The number of likely N-dealkylation sites (tertiary alicyclic amines) is 1. The molecule has 1 aromatic heterocycles. The molecule has 2 aromatic rings. The lowest BCUT2D eigenvalue weighted by Crippen LogP contribution is -2.52. The van der Waals surface area contributed by atoms with E-state index in [9.17, 15) is 23.6 Å². The van der Waals surface area contributed by atoms with Crippen molar-refractivity contribution in [3.63, 3.8) is 0 Å². The van der Waals surface area contributed by atoms with Crippen LogP contribution in [0.25, 0.3) is 0 Å². The van der Waals surface area contributed by atoms with E-state index in [1.54, 1.807) is 6.07 Å². The van der Waals surface area contributed by atoms with Crippen molar-refractivity contribution in [1.29, 1.82) is 0 Å². The molecule has 3 aliphatic rings. The third-order valence-electron chi connectivity index (χ3n) is 6.28. The summed E-state index contributed by atoms with van der Waals surface area (Å²) in [5.74, 6) is -1.93. The van der Waals surface area contributed by atoms with Gasteiger partial charge in [0, 0.05) is 24.7 Å². The van der Waals surface area contributed by atoms with Crippen LogP contribution < -0.4 is 10.6 Å². The smallest absolute Gasteiger partial charge is 0.287 e. The first-order chi connectivity index (χ1) is 15.4. The van der Waals surface area contributed by atoms with Gasteiger partial charge in [0.25, 0.3) is 11.8 Å². The minimum atomic E-state index is -0.876. The second-order valence-electron chi connectivity index (χ2n) is 8.25. The van der Waals surface area contributed by atoms with Gasteiger partial charge < -0.3 is 24.9 Å². The van der Waals surface area contributed by atoms with Crippen LogP contribution in [0.1, 0.15) is 33.8 Å². The van der Waals surface area contributed by atoms with E-state index < -0.39 is 41.8 Å². The van der Waals surface area contributed by atoms with Crippen molar-refractivity contribution in [1.82, 2.24) is 20.4 Å². The molecule has 1 aromatic carbocycles. The third-order valence-corrected chi connectivity index (χ3v) is 6.28. The van der Waals surface area contributed by atoms with Crippen LogP contribution in [0.4, 0.5) is 4.39 Å². The molecule has 4 amide bonds. The number of carbonyl (C=O) groups excluding carboxylic acids is 4. The van der Waals surface area contributed by atoms with Gasteiger partial charge in [-0.1, -0.05) is 6.07 Å². The van der Waals surface area contributed by atoms with Gasteiger partial charge in [0.2, 0.25) is 11.8 Å². The van der Waals surface area contributed by atoms with E-state index in [4.69, 9.17) is 4.42 Å². The van der Waals surface area contributed by atoms with E-state index in [1.165, 1.54) is 40.3 Å². The fraction of sp³-hybridized carbons (Fsp3) is 0.364. The Morgan fingerprint density at radius 1 is 1.19 bits per heavy atom. The predicted octanol–water partition coefficient (Wildman–Crippen LogP) is 0.531. The highest BCUT2D eigenvalue weighted by Crippen LogP contribution is 2.30. The fourth-order valence-electron chi connectivity index (χ4n) is 4.81. The summed E-state index contributed by atoms with van der Waals surface area (Å²) in [5.41, 5.74) is 0.149. The monoisotopic (exact) mass is 440 g/mol. The van der Waals surface area contributed by atoms with Crippen LogP contribution in [-0.4, -0.2) is 70.7 Å². The summed E-state index contributed by atoms with van der Waals surface area (Å²) in [6, 6.07) is 5.89. The molecule has 3 fully saturated rings. The van der Waals surface area contributed by atoms with Gasteiger partial charge in [-0.05, 0) is 43.2 Å². The average molecular weight is 440 g/mol. The number of benzene rings is 1. The number of rotatable bonds is 3. The zero-order valence-electron chi connectivity index (χ0n) is 17.0. The van der Waals surface area contributed by atoms with Gasteiger partial charge in [-0.15, -0.1) is 0 Å². The molecule has 10 heteroatoms. The molecule has 0 saturated carbocycles. The van der Waals surface area contributed by atoms with Crippen LogP contribution in [0.2, 0.25) is 0 Å². The molecule has 0 aliphatic carbocycles. The second kappa shape index (κ2) is 7.77. The summed E-state index contributed by atoms with van der Waals surface area (Å²) in [5, 5.41) is 5.69. The molecule has 0 radical (unpaired) electrons. The molecular weight excluding hydrogens is 419 g/mol. The van der Waals surface area contributed by atoms with Gasteiger partial charge in [-0.3, -0.25) is 19.2 Å². The first-order valence-electron chi connectivity index (χ1n) is 10.4. The minimum Gasteiger partial charge on any atom is -0.459 e. The van der Waals surface area contributed by atoms with Crippen molar-refractivity contribution in [2.45, 2.75) is 37.0 Å². The Kier molecular flexibility index (Phi) is 4.91. The number of amides is 4. The molecule has 4 heterocycles. The molecule has 166 valence electrons. The molecule has 0 spiro atoms. The fourth-order valence-corrected chi connectivity index (χ4v) is 4.81. The Morgan fingerprint density at radius 2 is 2.03 bits per heavy atom. The van der Waals surface area contributed by atoms with Gasteiger partial charge >= 0.3 is 0 Å². The van der Waals surface area contributed by atoms with E-state index in [-0.39, 0.29) is 42.6 Å². The van der Waals surface area contributed by atoms with Crippen LogP contribution in [0, 0.1) is 5.82 Å². The summed E-state index contributed by atoms with van der Waals surface area (Å²) < 4.78 is 18.7. The minimum absolute atomic E-state index is 0.144. The molecule has 4 unspecified atom stereocenters. The Balaban J connectivity index is 1.36. The van der Waals surface area contributed by atoms with Gasteiger partial charge in [0.15, 0.2) is 5.76 Å². The van der Waals surface area contributed by atoms with Crippen molar-refractivity contribution in [2.75, 3.05) is 13.1 Å². The Labute approximate surface area is 182 Å². The number of hydrogen-bond acceptors (Lipinski definition) is 5. The Morgan fingerprint density at radius 3 is 2.78 bits per heavy atom. The number of halogens is 1. The molecule has 2 N–H and O–H groups in total. The maximum atomic E-state index is 13.6.